The minimum atomic E-state index is -0.723. The van der Waals surface area contributed by atoms with Gasteiger partial charge in [-0.1, -0.05) is 19.8 Å². The Hall–Kier alpha value is -0.940. The van der Waals surface area contributed by atoms with Gasteiger partial charge in [-0.3, -0.25) is 4.79 Å². The molecular weight excluding hydrogens is 248 g/mol. The molecule has 0 saturated heterocycles. The van der Waals surface area contributed by atoms with Gasteiger partial charge in [-0.25, -0.2) is 0 Å². The zero-order chi connectivity index (χ0) is 14.6. The van der Waals surface area contributed by atoms with Gasteiger partial charge in [0.25, 0.3) is 0 Å². The van der Waals surface area contributed by atoms with Gasteiger partial charge in [0.2, 0.25) is 0 Å². The van der Waals surface area contributed by atoms with E-state index in [1.807, 2.05) is 6.92 Å². The van der Waals surface area contributed by atoms with Gasteiger partial charge in [-0.05, 0) is 19.3 Å². The van der Waals surface area contributed by atoms with Crippen molar-refractivity contribution in [1.82, 2.24) is 0 Å². The fraction of sp³-hybridized carbons (Fsp3) is 0.857. The van der Waals surface area contributed by atoms with Crippen LogP contribution in [-0.2, 0) is 14.3 Å². The molecule has 0 heterocycles. The fourth-order valence-corrected chi connectivity index (χ4v) is 1.62. The van der Waals surface area contributed by atoms with Gasteiger partial charge in [0.1, 0.15) is 12.9 Å². The minimum Gasteiger partial charge on any atom is -0.465 e. The van der Waals surface area contributed by atoms with E-state index < -0.39 is 5.41 Å². The van der Waals surface area contributed by atoms with Crippen LogP contribution in [0.5, 0.6) is 0 Å². The second kappa shape index (κ2) is 10.9. The van der Waals surface area contributed by atoms with E-state index in [0.717, 1.165) is 32.0 Å². The van der Waals surface area contributed by atoms with E-state index in [0.29, 0.717) is 19.3 Å². The Bertz CT molecular complexity index is 240. The molecule has 2 N–H and O–H groups in total. The number of esters is 1. The van der Waals surface area contributed by atoms with Crippen molar-refractivity contribution in [2.45, 2.75) is 51.9 Å². The number of rotatable bonds is 12. The molecule has 19 heavy (non-hydrogen) atoms. The highest BCUT2D eigenvalue weighted by atomic mass is 16.5. The van der Waals surface area contributed by atoms with Gasteiger partial charge in [-0.2, -0.15) is 0 Å². The molecule has 0 fully saturated rings. The van der Waals surface area contributed by atoms with E-state index in [1.165, 1.54) is 0 Å². The number of ether oxygens (including phenoxy) is 1. The van der Waals surface area contributed by atoms with Gasteiger partial charge in [0, 0.05) is 12.8 Å². The Kier molecular flexibility index (Phi) is 10.4. The number of aliphatic hydroxyl groups excluding tert-OH is 2. The predicted molar refractivity (Wildman–Crippen MR) is 71.6 cm³/mol. The van der Waals surface area contributed by atoms with Crippen LogP contribution in [0, 0.1) is 5.41 Å². The van der Waals surface area contributed by atoms with Gasteiger partial charge in [0.05, 0.1) is 18.6 Å². The lowest BCUT2D eigenvalue weighted by Crippen LogP contribution is -2.35. The van der Waals surface area contributed by atoms with E-state index in [1.54, 1.807) is 0 Å². The summed E-state index contributed by atoms with van der Waals surface area (Å²) >= 11 is 0. The van der Waals surface area contributed by atoms with Crippen LogP contribution in [0.1, 0.15) is 51.9 Å². The molecule has 0 unspecified atom stereocenters. The number of aliphatic hydroxyl groups is 2. The van der Waals surface area contributed by atoms with Crippen LogP contribution in [0.4, 0.5) is 0 Å². The second-order valence-electron chi connectivity index (χ2n) is 4.95. The molecule has 0 aliphatic carbocycles. The molecule has 0 atom stereocenters. The van der Waals surface area contributed by atoms with Crippen LogP contribution in [0.2, 0.25) is 0 Å². The first kappa shape index (κ1) is 18.1. The van der Waals surface area contributed by atoms with Crippen molar-refractivity contribution < 1.29 is 24.5 Å². The number of hydrogen-bond acceptors (Lipinski definition) is 5. The Balaban J connectivity index is 3.71. The average Bonchev–Trinajstić information content (AvgIpc) is 2.45. The molecule has 0 rings (SSSR count). The summed E-state index contributed by atoms with van der Waals surface area (Å²) in [6.45, 7) is 1.51. The van der Waals surface area contributed by atoms with Crippen molar-refractivity contribution in [2.24, 2.45) is 5.41 Å². The zero-order valence-corrected chi connectivity index (χ0v) is 11.8. The first-order valence-electron chi connectivity index (χ1n) is 6.95. The van der Waals surface area contributed by atoms with Crippen molar-refractivity contribution in [3.63, 3.8) is 0 Å². The molecular formula is C14H26O5. The lowest BCUT2D eigenvalue weighted by atomic mass is 9.88. The van der Waals surface area contributed by atoms with Gasteiger partial charge in [0.15, 0.2) is 0 Å². The third-order valence-corrected chi connectivity index (χ3v) is 3.41. The third kappa shape index (κ3) is 7.95. The molecule has 112 valence electrons. The lowest BCUT2D eigenvalue weighted by Gasteiger charge is -2.27. The predicted octanol–water partition coefficient (Wildman–Crippen LogP) is 1.45. The maximum Gasteiger partial charge on any atom is 0.305 e. The second-order valence-corrected chi connectivity index (χ2v) is 4.95. The Labute approximate surface area is 115 Å². The molecule has 5 nitrogen and oxygen atoms in total. The highest BCUT2D eigenvalue weighted by molar-refractivity contribution is 5.69. The smallest absolute Gasteiger partial charge is 0.305 e. The molecule has 0 aliphatic heterocycles. The van der Waals surface area contributed by atoms with E-state index in [2.05, 4.69) is 0 Å². The summed E-state index contributed by atoms with van der Waals surface area (Å²) in [5, 5.41) is 18.4. The number of aldehydes is 1. The third-order valence-electron chi connectivity index (χ3n) is 3.41. The van der Waals surface area contributed by atoms with Crippen molar-refractivity contribution in [2.75, 3.05) is 19.8 Å². The molecule has 0 radical (unpaired) electrons. The minimum absolute atomic E-state index is 0.0560. The fourth-order valence-electron chi connectivity index (χ4n) is 1.62. The number of carbonyl (C=O) groups excluding carboxylic acids is 2. The van der Waals surface area contributed by atoms with Crippen LogP contribution in [0.3, 0.4) is 0 Å². The Morgan fingerprint density at radius 2 is 1.79 bits per heavy atom. The van der Waals surface area contributed by atoms with Crippen molar-refractivity contribution in [1.29, 1.82) is 0 Å². The van der Waals surface area contributed by atoms with Crippen LogP contribution < -0.4 is 0 Å². The van der Waals surface area contributed by atoms with Crippen molar-refractivity contribution >= 4 is 12.3 Å². The van der Waals surface area contributed by atoms with Crippen molar-refractivity contribution in [3.05, 3.63) is 0 Å². The Morgan fingerprint density at radius 1 is 1.16 bits per heavy atom. The first-order valence-corrected chi connectivity index (χ1v) is 6.95. The van der Waals surface area contributed by atoms with E-state index >= 15 is 0 Å². The van der Waals surface area contributed by atoms with Gasteiger partial charge >= 0.3 is 5.97 Å². The highest BCUT2D eigenvalue weighted by Gasteiger charge is 2.28. The molecule has 0 aromatic carbocycles. The summed E-state index contributed by atoms with van der Waals surface area (Å²) in [4.78, 5) is 21.6. The summed E-state index contributed by atoms with van der Waals surface area (Å²) < 4.78 is 5.09. The SMILES string of the molecule is CCC(CO)(CO)COC(=O)CCCCCCC=O. The Morgan fingerprint density at radius 3 is 2.32 bits per heavy atom. The number of carbonyl (C=O) groups is 2. The monoisotopic (exact) mass is 274 g/mol. The lowest BCUT2D eigenvalue weighted by molar-refractivity contribution is -0.149. The summed E-state index contributed by atoms with van der Waals surface area (Å²) in [5.74, 6) is -0.296. The molecule has 0 amide bonds. The molecule has 0 spiro atoms. The molecule has 0 bridgehead atoms. The van der Waals surface area contributed by atoms with Gasteiger partial charge in [-0.15, -0.1) is 0 Å². The molecule has 0 saturated carbocycles. The quantitative estimate of drug-likeness (QED) is 0.320. The van der Waals surface area contributed by atoms with Crippen molar-refractivity contribution in [3.8, 4) is 0 Å². The molecule has 0 aromatic heterocycles. The van der Waals surface area contributed by atoms with Crippen LogP contribution in [-0.4, -0.2) is 42.3 Å². The number of hydrogen-bond donors (Lipinski definition) is 2. The van der Waals surface area contributed by atoms with E-state index in [4.69, 9.17) is 4.74 Å². The maximum atomic E-state index is 11.5. The topological polar surface area (TPSA) is 83.8 Å². The summed E-state index contributed by atoms with van der Waals surface area (Å²) in [5.41, 5.74) is -0.723. The summed E-state index contributed by atoms with van der Waals surface area (Å²) in [6, 6.07) is 0. The zero-order valence-electron chi connectivity index (χ0n) is 11.8. The normalized spacial score (nSPS) is 11.3. The van der Waals surface area contributed by atoms with E-state index in [9.17, 15) is 19.8 Å². The molecule has 0 aliphatic rings. The molecule has 5 heteroatoms. The number of unbranched alkanes of at least 4 members (excludes halogenated alkanes) is 4. The average molecular weight is 274 g/mol. The standard InChI is InChI=1S/C14H26O5/c1-2-14(10-16,11-17)12-19-13(18)8-6-4-3-5-7-9-15/h9,16-17H,2-8,10-12H2,1H3. The molecule has 0 aromatic rings. The summed E-state index contributed by atoms with van der Waals surface area (Å²) in [7, 11) is 0. The van der Waals surface area contributed by atoms with Crippen LogP contribution >= 0.6 is 0 Å². The van der Waals surface area contributed by atoms with E-state index in [-0.39, 0.29) is 25.8 Å². The maximum absolute atomic E-state index is 11.5. The van der Waals surface area contributed by atoms with Gasteiger partial charge < -0.3 is 19.7 Å². The van der Waals surface area contributed by atoms with Crippen LogP contribution in [0.15, 0.2) is 0 Å². The summed E-state index contributed by atoms with van der Waals surface area (Å²) in [6.07, 6.45) is 5.84. The largest absolute Gasteiger partial charge is 0.465 e. The first-order chi connectivity index (χ1) is 9.14. The van der Waals surface area contributed by atoms with Crippen LogP contribution in [0.25, 0.3) is 0 Å². The highest BCUT2D eigenvalue weighted by Crippen LogP contribution is 2.21.